The van der Waals surface area contributed by atoms with E-state index in [1.807, 2.05) is 11.6 Å². The first kappa shape index (κ1) is 11.4. The summed E-state index contributed by atoms with van der Waals surface area (Å²) >= 11 is 1.72. The SMILES string of the molecule is CCC(NCc1cccn1C)c1nccs1. The number of rotatable bonds is 5. The van der Waals surface area contributed by atoms with E-state index in [9.17, 15) is 0 Å². The Balaban J connectivity index is 1.96. The molecule has 0 aromatic carbocycles. The molecule has 16 heavy (non-hydrogen) atoms. The van der Waals surface area contributed by atoms with Crippen molar-refractivity contribution in [3.63, 3.8) is 0 Å². The van der Waals surface area contributed by atoms with Gasteiger partial charge in [-0.15, -0.1) is 11.3 Å². The van der Waals surface area contributed by atoms with E-state index in [0.29, 0.717) is 6.04 Å². The lowest BCUT2D eigenvalue weighted by Crippen LogP contribution is -2.21. The number of aryl methyl sites for hydroxylation is 1. The summed E-state index contributed by atoms with van der Waals surface area (Å²) in [7, 11) is 2.07. The molecule has 2 heterocycles. The second kappa shape index (κ2) is 5.27. The average Bonchev–Trinajstić information content (AvgIpc) is 2.92. The molecule has 3 nitrogen and oxygen atoms in total. The van der Waals surface area contributed by atoms with Gasteiger partial charge in [0.05, 0.1) is 6.04 Å². The Morgan fingerprint density at radius 2 is 2.44 bits per heavy atom. The van der Waals surface area contributed by atoms with Gasteiger partial charge in [-0.3, -0.25) is 0 Å². The Morgan fingerprint density at radius 1 is 1.56 bits per heavy atom. The van der Waals surface area contributed by atoms with Gasteiger partial charge in [-0.05, 0) is 18.6 Å². The van der Waals surface area contributed by atoms with Gasteiger partial charge >= 0.3 is 0 Å². The minimum atomic E-state index is 0.370. The van der Waals surface area contributed by atoms with Crippen LogP contribution in [0.15, 0.2) is 29.9 Å². The molecule has 0 fully saturated rings. The van der Waals surface area contributed by atoms with E-state index in [4.69, 9.17) is 0 Å². The summed E-state index contributed by atoms with van der Waals surface area (Å²) in [5.41, 5.74) is 1.30. The van der Waals surface area contributed by atoms with E-state index >= 15 is 0 Å². The quantitative estimate of drug-likeness (QED) is 0.863. The highest BCUT2D eigenvalue weighted by molar-refractivity contribution is 7.09. The van der Waals surface area contributed by atoms with Gasteiger partial charge in [-0.2, -0.15) is 0 Å². The van der Waals surface area contributed by atoms with Crippen molar-refractivity contribution in [3.05, 3.63) is 40.6 Å². The number of nitrogens with zero attached hydrogens (tertiary/aromatic N) is 2. The van der Waals surface area contributed by atoms with Crippen molar-refractivity contribution < 1.29 is 0 Å². The molecule has 1 atom stereocenters. The zero-order chi connectivity index (χ0) is 11.4. The van der Waals surface area contributed by atoms with Crippen LogP contribution in [0.4, 0.5) is 0 Å². The van der Waals surface area contributed by atoms with Crippen LogP contribution in [0.3, 0.4) is 0 Å². The minimum Gasteiger partial charge on any atom is -0.353 e. The summed E-state index contributed by atoms with van der Waals surface area (Å²) in [6.07, 6.45) is 5.01. The lowest BCUT2D eigenvalue weighted by Gasteiger charge is -2.14. The van der Waals surface area contributed by atoms with Crippen molar-refractivity contribution >= 4 is 11.3 Å². The Morgan fingerprint density at radius 3 is 3.00 bits per heavy atom. The number of nitrogens with one attached hydrogen (secondary N) is 1. The molecule has 0 aliphatic rings. The number of hydrogen-bond donors (Lipinski definition) is 1. The highest BCUT2D eigenvalue weighted by Gasteiger charge is 2.11. The molecule has 0 amide bonds. The van der Waals surface area contributed by atoms with Gasteiger partial charge in [0.2, 0.25) is 0 Å². The van der Waals surface area contributed by atoms with Crippen LogP contribution in [-0.2, 0) is 13.6 Å². The third kappa shape index (κ3) is 2.51. The fourth-order valence-corrected chi connectivity index (χ4v) is 2.52. The van der Waals surface area contributed by atoms with Gasteiger partial charge in [0.25, 0.3) is 0 Å². The van der Waals surface area contributed by atoms with Crippen LogP contribution in [0, 0.1) is 0 Å². The van der Waals surface area contributed by atoms with Gasteiger partial charge in [-0.25, -0.2) is 4.98 Å². The third-order valence-electron chi connectivity index (χ3n) is 2.74. The zero-order valence-electron chi connectivity index (χ0n) is 9.68. The molecule has 4 heteroatoms. The van der Waals surface area contributed by atoms with Crippen LogP contribution in [0.5, 0.6) is 0 Å². The summed E-state index contributed by atoms with van der Waals surface area (Å²) in [6.45, 7) is 3.08. The van der Waals surface area contributed by atoms with Gasteiger partial charge in [0, 0.05) is 37.1 Å². The topological polar surface area (TPSA) is 29.9 Å². The molecular formula is C12H17N3S. The molecule has 0 spiro atoms. The fraction of sp³-hybridized carbons (Fsp3) is 0.417. The molecule has 0 aliphatic carbocycles. The predicted octanol–water partition coefficient (Wildman–Crippen LogP) is 2.72. The number of aromatic nitrogens is 2. The molecular weight excluding hydrogens is 218 g/mol. The summed E-state index contributed by atoms with van der Waals surface area (Å²) in [4.78, 5) is 4.36. The first-order valence-corrected chi connectivity index (χ1v) is 6.42. The summed E-state index contributed by atoms with van der Waals surface area (Å²) < 4.78 is 2.14. The van der Waals surface area contributed by atoms with Crippen molar-refractivity contribution in [2.24, 2.45) is 7.05 Å². The third-order valence-corrected chi connectivity index (χ3v) is 3.63. The lowest BCUT2D eigenvalue weighted by atomic mass is 10.2. The largest absolute Gasteiger partial charge is 0.353 e. The Bertz CT molecular complexity index is 419. The molecule has 1 N–H and O–H groups in total. The van der Waals surface area contributed by atoms with E-state index < -0.39 is 0 Å². The maximum absolute atomic E-state index is 4.36. The maximum Gasteiger partial charge on any atom is 0.109 e. The van der Waals surface area contributed by atoms with Gasteiger partial charge in [0.1, 0.15) is 5.01 Å². The summed E-state index contributed by atoms with van der Waals surface area (Å²) in [5, 5.41) is 6.75. The molecule has 0 saturated heterocycles. The molecule has 0 radical (unpaired) electrons. The second-order valence-corrected chi connectivity index (χ2v) is 4.75. The lowest BCUT2D eigenvalue weighted by molar-refractivity contribution is 0.506. The highest BCUT2D eigenvalue weighted by atomic mass is 32.1. The van der Waals surface area contributed by atoms with E-state index in [0.717, 1.165) is 13.0 Å². The van der Waals surface area contributed by atoms with E-state index in [1.165, 1.54) is 10.7 Å². The maximum atomic E-state index is 4.36. The van der Waals surface area contributed by atoms with Crippen molar-refractivity contribution in [2.45, 2.75) is 25.9 Å². The second-order valence-electron chi connectivity index (χ2n) is 3.82. The van der Waals surface area contributed by atoms with Gasteiger partial charge < -0.3 is 9.88 Å². The summed E-state index contributed by atoms with van der Waals surface area (Å²) in [6, 6.07) is 4.58. The van der Waals surface area contributed by atoms with Crippen LogP contribution >= 0.6 is 11.3 Å². The molecule has 2 rings (SSSR count). The van der Waals surface area contributed by atoms with E-state index in [1.54, 1.807) is 11.3 Å². The van der Waals surface area contributed by atoms with Crippen LogP contribution in [0.2, 0.25) is 0 Å². The first-order valence-electron chi connectivity index (χ1n) is 5.54. The molecule has 86 valence electrons. The Labute approximate surface area is 100 Å². The Hall–Kier alpha value is -1.13. The first-order chi connectivity index (χ1) is 7.81. The van der Waals surface area contributed by atoms with Crippen molar-refractivity contribution in [1.82, 2.24) is 14.9 Å². The van der Waals surface area contributed by atoms with Gasteiger partial charge in [0.15, 0.2) is 0 Å². The zero-order valence-corrected chi connectivity index (χ0v) is 10.5. The number of hydrogen-bond acceptors (Lipinski definition) is 3. The van der Waals surface area contributed by atoms with Crippen molar-refractivity contribution in [3.8, 4) is 0 Å². The monoisotopic (exact) mass is 235 g/mol. The van der Waals surface area contributed by atoms with Crippen LogP contribution in [0.1, 0.15) is 30.1 Å². The molecule has 0 aliphatic heterocycles. The van der Waals surface area contributed by atoms with E-state index in [2.05, 4.69) is 47.2 Å². The normalized spacial score (nSPS) is 12.9. The fourth-order valence-electron chi connectivity index (χ4n) is 1.72. The standard InChI is InChI=1S/C12H17N3S/c1-3-11(12-13-6-8-16-12)14-9-10-5-4-7-15(10)2/h4-8,11,14H,3,9H2,1-2H3. The molecule has 2 aromatic heterocycles. The molecule has 0 bridgehead atoms. The highest BCUT2D eigenvalue weighted by Crippen LogP contribution is 2.19. The minimum absolute atomic E-state index is 0.370. The average molecular weight is 235 g/mol. The summed E-state index contributed by atoms with van der Waals surface area (Å²) in [5.74, 6) is 0. The predicted molar refractivity (Wildman–Crippen MR) is 67.4 cm³/mol. The molecule has 0 saturated carbocycles. The molecule has 2 aromatic rings. The van der Waals surface area contributed by atoms with Crippen LogP contribution in [0.25, 0.3) is 0 Å². The smallest absolute Gasteiger partial charge is 0.109 e. The van der Waals surface area contributed by atoms with Crippen molar-refractivity contribution in [2.75, 3.05) is 0 Å². The van der Waals surface area contributed by atoms with E-state index in [-0.39, 0.29) is 0 Å². The van der Waals surface area contributed by atoms with Crippen molar-refractivity contribution in [1.29, 1.82) is 0 Å². The van der Waals surface area contributed by atoms with Gasteiger partial charge in [-0.1, -0.05) is 6.92 Å². The number of thiazole rings is 1. The van der Waals surface area contributed by atoms with Crippen LogP contribution < -0.4 is 5.32 Å². The Kier molecular flexibility index (Phi) is 3.74. The molecule has 1 unspecified atom stereocenters. The van der Waals surface area contributed by atoms with Crippen LogP contribution in [-0.4, -0.2) is 9.55 Å².